The smallest absolute Gasteiger partial charge is 0.123 e. The largest absolute Gasteiger partial charge is 0.497 e. The van der Waals surface area contributed by atoms with Crippen molar-refractivity contribution in [2.75, 3.05) is 12.8 Å². The Bertz CT molecular complexity index is 518. The van der Waals surface area contributed by atoms with E-state index in [1.807, 2.05) is 48.6 Å². The minimum absolute atomic E-state index is 0.530. The van der Waals surface area contributed by atoms with E-state index >= 15 is 0 Å². The van der Waals surface area contributed by atoms with Gasteiger partial charge in [0.05, 0.1) is 7.11 Å². The number of nitrogens with two attached hydrogens (primary N) is 1. The Labute approximate surface area is 101 Å². The van der Waals surface area contributed by atoms with E-state index in [1.165, 1.54) is 0 Å². The number of hydrogen-bond acceptors (Lipinski definition) is 3. The van der Waals surface area contributed by atoms with Crippen LogP contribution < -0.4 is 10.5 Å². The molecule has 86 valence electrons. The van der Waals surface area contributed by atoms with Gasteiger partial charge in [0.15, 0.2) is 0 Å². The highest BCUT2D eigenvalue weighted by molar-refractivity contribution is 5.70. The topological polar surface area (TPSA) is 48.1 Å². The maximum absolute atomic E-state index is 5.60. The first-order valence-corrected chi connectivity index (χ1v) is 5.31. The van der Waals surface area contributed by atoms with E-state index in [1.54, 1.807) is 13.3 Å². The lowest BCUT2D eigenvalue weighted by atomic mass is 10.1. The average molecular weight is 226 g/mol. The normalized spacial score (nSPS) is 10.6. The molecule has 0 aliphatic carbocycles. The molecule has 0 aliphatic rings. The number of aromatic nitrogens is 1. The highest BCUT2D eigenvalue weighted by atomic mass is 16.5. The van der Waals surface area contributed by atoms with Gasteiger partial charge >= 0.3 is 0 Å². The zero-order valence-corrected chi connectivity index (χ0v) is 9.63. The number of nitrogens with zero attached hydrogens (tertiary/aromatic N) is 1. The van der Waals surface area contributed by atoms with Crippen LogP contribution in [0.1, 0.15) is 11.1 Å². The quantitative estimate of drug-likeness (QED) is 0.875. The highest BCUT2D eigenvalue weighted by Gasteiger charge is 1.91. The molecule has 3 nitrogen and oxygen atoms in total. The molecule has 1 aromatic heterocycles. The summed E-state index contributed by atoms with van der Waals surface area (Å²) < 4.78 is 5.10. The van der Waals surface area contributed by atoms with Gasteiger partial charge in [0, 0.05) is 6.20 Å². The van der Waals surface area contributed by atoms with Crippen molar-refractivity contribution in [2.45, 2.75) is 0 Å². The van der Waals surface area contributed by atoms with Gasteiger partial charge in [-0.25, -0.2) is 4.98 Å². The number of ether oxygens (including phenoxy) is 1. The molecule has 17 heavy (non-hydrogen) atoms. The number of pyridine rings is 1. The van der Waals surface area contributed by atoms with Gasteiger partial charge in [-0.2, -0.15) is 0 Å². The number of benzene rings is 1. The zero-order chi connectivity index (χ0) is 12.1. The second kappa shape index (κ2) is 5.16. The predicted octanol–water partition coefficient (Wildman–Crippen LogP) is 2.84. The second-order valence-electron chi connectivity index (χ2n) is 3.62. The van der Waals surface area contributed by atoms with Crippen molar-refractivity contribution in [2.24, 2.45) is 0 Å². The molecule has 3 heteroatoms. The lowest BCUT2D eigenvalue weighted by Crippen LogP contribution is -1.88. The van der Waals surface area contributed by atoms with E-state index in [0.29, 0.717) is 5.82 Å². The Morgan fingerprint density at radius 3 is 2.41 bits per heavy atom. The standard InChI is InChI=1S/C14H14N2O/c1-17-13-6-4-11(5-7-13)2-3-12-8-9-16-14(15)10-12/h2-10H,1H3,(H2,15,16)/b3-2+. The Kier molecular flexibility index (Phi) is 3.40. The lowest BCUT2D eigenvalue weighted by Gasteiger charge is -1.99. The first kappa shape index (κ1) is 11.2. The summed E-state index contributed by atoms with van der Waals surface area (Å²) in [5, 5.41) is 0. The molecule has 2 aromatic rings. The fraction of sp³-hybridized carbons (Fsp3) is 0.0714. The van der Waals surface area contributed by atoms with E-state index in [-0.39, 0.29) is 0 Å². The number of methoxy groups -OCH3 is 1. The molecule has 1 aromatic carbocycles. The molecule has 0 unspecified atom stereocenters. The summed E-state index contributed by atoms with van der Waals surface area (Å²) in [4.78, 5) is 3.94. The van der Waals surface area contributed by atoms with E-state index < -0.39 is 0 Å². The summed E-state index contributed by atoms with van der Waals surface area (Å²) in [6, 6.07) is 11.6. The molecule has 0 atom stereocenters. The van der Waals surface area contributed by atoms with Crippen LogP contribution >= 0.6 is 0 Å². The predicted molar refractivity (Wildman–Crippen MR) is 70.6 cm³/mol. The van der Waals surface area contributed by atoms with Crippen LogP contribution in [0.4, 0.5) is 5.82 Å². The number of hydrogen-bond donors (Lipinski definition) is 1. The lowest BCUT2D eigenvalue weighted by molar-refractivity contribution is 0.415. The highest BCUT2D eigenvalue weighted by Crippen LogP contribution is 2.14. The second-order valence-corrected chi connectivity index (χ2v) is 3.62. The summed E-state index contributed by atoms with van der Waals surface area (Å²) >= 11 is 0. The van der Waals surface area contributed by atoms with Gasteiger partial charge in [0.1, 0.15) is 11.6 Å². The third kappa shape index (κ3) is 3.08. The first-order valence-electron chi connectivity index (χ1n) is 5.31. The molecule has 0 bridgehead atoms. The van der Waals surface area contributed by atoms with Gasteiger partial charge in [0.2, 0.25) is 0 Å². The number of nitrogen functional groups attached to an aromatic ring is 1. The van der Waals surface area contributed by atoms with Crippen molar-refractivity contribution in [1.82, 2.24) is 4.98 Å². The molecule has 2 rings (SSSR count). The Morgan fingerprint density at radius 2 is 1.76 bits per heavy atom. The van der Waals surface area contributed by atoms with Gasteiger partial charge in [-0.15, -0.1) is 0 Å². The molecule has 0 fully saturated rings. The van der Waals surface area contributed by atoms with Gasteiger partial charge in [-0.05, 0) is 35.4 Å². The molecule has 0 radical (unpaired) electrons. The summed E-state index contributed by atoms with van der Waals surface area (Å²) in [6.45, 7) is 0. The van der Waals surface area contributed by atoms with Gasteiger partial charge in [0.25, 0.3) is 0 Å². The fourth-order valence-corrected chi connectivity index (χ4v) is 1.48. The first-order chi connectivity index (χ1) is 8.28. The number of rotatable bonds is 3. The van der Waals surface area contributed by atoms with Gasteiger partial charge < -0.3 is 10.5 Å². The maximum Gasteiger partial charge on any atom is 0.123 e. The Hall–Kier alpha value is -2.29. The summed E-state index contributed by atoms with van der Waals surface area (Å²) in [7, 11) is 1.66. The van der Waals surface area contributed by atoms with Crippen LogP contribution in [-0.2, 0) is 0 Å². The molecular weight excluding hydrogens is 212 g/mol. The van der Waals surface area contributed by atoms with Crippen molar-refractivity contribution < 1.29 is 4.74 Å². The van der Waals surface area contributed by atoms with Crippen molar-refractivity contribution in [3.05, 3.63) is 53.7 Å². The van der Waals surface area contributed by atoms with Crippen LogP contribution in [0, 0.1) is 0 Å². The molecule has 0 saturated carbocycles. The van der Waals surface area contributed by atoms with Gasteiger partial charge in [-0.1, -0.05) is 24.3 Å². The molecule has 0 saturated heterocycles. The Balaban J connectivity index is 2.14. The van der Waals surface area contributed by atoms with E-state index in [9.17, 15) is 0 Å². The molecule has 0 amide bonds. The monoisotopic (exact) mass is 226 g/mol. The average Bonchev–Trinajstić information content (AvgIpc) is 2.37. The van der Waals surface area contributed by atoms with Gasteiger partial charge in [-0.3, -0.25) is 0 Å². The zero-order valence-electron chi connectivity index (χ0n) is 9.63. The van der Waals surface area contributed by atoms with Crippen molar-refractivity contribution in [3.63, 3.8) is 0 Å². The Morgan fingerprint density at radius 1 is 1.06 bits per heavy atom. The van der Waals surface area contributed by atoms with Crippen LogP contribution in [0.5, 0.6) is 5.75 Å². The van der Waals surface area contributed by atoms with Crippen LogP contribution in [0.3, 0.4) is 0 Å². The maximum atomic E-state index is 5.60. The van der Waals surface area contributed by atoms with Crippen LogP contribution in [-0.4, -0.2) is 12.1 Å². The molecule has 1 heterocycles. The minimum atomic E-state index is 0.530. The molecular formula is C14H14N2O. The van der Waals surface area contributed by atoms with Crippen LogP contribution in [0.15, 0.2) is 42.6 Å². The van der Waals surface area contributed by atoms with Crippen LogP contribution in [0.25, 0.3) is 12.2 Å². The van der Waals surface area contributed by atoms with Crippen LogP contribution in [0.2, 0.25) is 0 Å². The third-order valence-corrected chi connectivity index (χ3v) is 2.39. The SMILES string of the molecule is COc1ccc(/C=C/c2ccnc(N)c2)cc1. The summed E-state index contributed by atoms with van der Waals surface area (Å²) in [5.74, 6) is 1.39. The fourth-order valence-electron chi connectivity index (χ4n) is 1.48. The summed E-state index contributed by atoms with van der Waals surface area (Å²) in [6.07, 6.45) is 5.72. The van der Waals surface area contributed by atoms with Crippen molar-refractivity contribution in [3.8, 4) is 5.75 Å². The number of anilines is 1. The van der Waals surface area contributed by atoms with E-state index in [2.05, 4.69) is 4.98 Å². The summed E-state index contributed by atoms with van der Waals surface area (Å²) in [5.41, 5.74) is 7.75. The van der Waals surface area contributed by atoms with Crippen molar-refractivity contribution >= 4 is 18.0 Å². The third-order valence-electron chi connectivity index (χ3n) is 2.39. The van der Waals surface area contributed by atoms with Crippen molar-refractivity contribution in [1.29, 1.82) is 0 Å². The van der Waals surface area contributed by atoms with E-state index in [4.69, 9.17) is 10.5 Å². The molecule has 2 N–H and O–H groups in total. The molecule has 0 spiro atoms. The molecule has 0 aliphatic heterocycles. The minimum Gasteiger partial charge on any atom is -0.497 e. The van der Waals surface area contributed by atoms with E-state index in [0.717, 1.165) is 16.9 Å².